The first-order valence-corrected chi connectivity index (χ1v) is 9.60. The highest BCUT2D eigenvalue weighted by molar-refractivity contribution is 5.96. The number of hydrogen-bond acceptors (Lipinski definition) is 3. The highest BCUT2D eigenvalue weighted by Crippen LogP contribution is 2.27. The molecule has 144 valence electrons. The molecule has 0 aliphatic carbocycles. The molecule has 3 rings (SSSR count). The number of carbonyl (C=O) groups is 1. The number of halogens is 1. The van der Waals surface area contributed by atoms with Gasteiger partial charge in [0.1, 0.15) is 5.82 Å². The summed E-state index contributed by atoms with van der Waals surface area (Å²) in [4.78, 5) is 19.1. The molecule has 0 spiro atoms. The number of amides is 1. The third-order valence-electron chi connectivity index (χ3n) is 5.22. The molecular formula is C22H27FN2O2. The van der Waals surface area contributed by atoms with Crippen molar-refractivity contribution >= 4 is 5.91 Å². The summed E-state index contributed by atoms with van der Waals surface area (Å²) in [5.74, 6) is 0.668. The lowest BCUT2D eigenvalue weighted by Gasteiger charge is -2.38. The average molecular weight is 370 g/mol. The molecule has 4 nitrogen and oxygen atoms in total. The number of benzene rings is 1. The molecule has 1 aliphatic heterocycles. The van der Waals surface area contributed by atoms with Crippen LogP contribution in [0.25, 0.3) is 0 Å². The zero-order valence-corrected chi connectivity index (χ0v) is 16.2. The lowest BCUT2D eigenvalue weighted by molar-refractivity contribution is 0.0501. The van der Waals surface area contributed by atoms with E-state index in [1.807, 2.05) is 29.2 Å². The van der Waals surface area contributed by atoms with Crippen LogP contribution in [0.2, 0.25) is 0 Å². The molecule has 1 aliphatic rings. The molecule has 2 atom stereocenters. The van der Waals surface area contributed by atoms with Crippen LogP contribution in [0.4, 0.5) is 4.39 Å². The van der Waals surface area contributed by atoms with Crippen LogP contribution < -0.4 is 4.74 Å². The summed E-state index contributed by atoms with van der Waals surface area (Å²) in [7, 11) is 0. The standard InChI is InChI=1S/C22H27FN2O2/c1-15(2)19-6-4-5-7-20(19)22(26)25-13-17(9-8-16(25)3)14-27-21-11-10-18(23)12-24-21/h4-7,10-12,15-17H,8-9,13-14H2,1-3H3/t16?,17-/m1/s1. The van der Waals surface area contributed by atoms with E-state index < -0.39 is 0 Å². The van der Waals surface area contributed by atoms with E-state index in [2.05, 4.69) is 25.8 Å². The van der Waals surface area contributed by atoms with E-state index in [1.54, 1.807) is 0 Å². The Hall–Kier alpha value is -2.43. The van der Waals surface area contributed by atoms with Crippen LogP contribution in [0.5, 0.6) is 5.88 Å². The van der Waals surface area contributed by atoms with E-state index in [-0.39, 0.29) is 23.7 Å². The zero-order chi connectivity index (χ0) is 19.4. The van der Waals surface area contributed by atoms with Crippen molar-refractivity contribution in [2.75, 3.05) is 13.2 Å². The van der Waals surface area contributed by atoms with Crippen LogP contribution in [0.1, 0.15) is 55.5 Å². The van der Waals surface area contributed by atoms with Crippen molar-refractivity contribution in [1.82, 2.24) is 9.88 Å². The van der Waals surface area contributed by atoms with Crippen molar-refractivity contribution in [3.8, 4) is 5.88 Å². The topological polar surface area (TPSA) is 42.4 Å². The molecule has 5 heteroatoms. The first-order chi connectivity index (χ1) is 13.0. The van der Waals surface area contributed by atoms with Gasteiger partial charge in [0, 0.05) is 30.1 Å². The Labute approximate surface area is 160 Å². The van der Waals surface area contributed by atoms with Crippen LogP contribution in [-0.4, -0.2) is 35.0 Å². The van der Waals surface area contributed by atoms with Crippen molar-refractivity contribution < 1.29 is 13.9 Å². The Morgan fingerprint density at radius 3 is 2.74 bits per heavy atom. The number of hydrogen-bond donors (Lipinski definition) is 0. The number of rotatable bonds is 5. The molecule has 1 aromatic carbocycles. The number of pyridine rings is 1. The fourth-order valence-corrected chi connectivity index (χ4v) is 3.60. The SMILES string of the molecule is CC(C)c1ccccc1C(=O)N1C[C@H](COc2ccc(F)cn2)CCC1C. The van der Waals surface area contributed by atoms with Gasteiger partial charge in [0.2, 0.25) is 5.88 Å². The molecule has 2 aromatic rings. The van der Waals surface area contributed by atoms with Gasteiger partial charge in [-0.05, 0) is 43.4 Å². The van der Waals surface area contributed by atoms with E-state index in [1.165, 1.54) is 12.1 Å². The summed E-state index contributed by atoms with van der Waals surface area (Å²) in [6.07, 6.45) is 3.09. The summed E-state index contributed by atoms with van der Waals surface area (Å²) in [5, 5.41) is 0. The molecule has 1 aromatic heterocycles. The van der Waals surface area contributed by atoms with Gasteiger partial charge in [-0.2, -0.15) is 0 Å². The summed E-state index contributed by atoms with van der Waals surface area (Å²) in [6.45, 7) is 7.46. The molecule has 0 radical (unpaired) electrons. The molecule has 27 heavy (non-hydrogen) atoms. The highest BCUT2D eigenvalue weighted by atomic mass is 19.1. The van der Waals surface area contributed by atoms with Crippen molar-refractivity contribution in [2.45, 2.75) is 45.6 Å². The second kappa shape index (κ2) is 8.51. The Balaban J connectivity index is 1.68. The third kappa shape index (κ3) is 4.65. The molecule has 1 amide bonds. The molecule has 0 N–H and O–H groups in total. The van der Waals surface area contributed by atoms with Gasteiger partial charge >= 0.3 is 0 Å². The maximum absolute atomic E-state index is 13.2. The summed E-state index contributed by atoms with van der Waals surface area (Å²) in [5.41, 5.74) is 1.88. The first kappa shape index (κ1) is 19.3. The molecule has 2 heterocycles. The molecule has 0 saturated carbocycles. The van der Waals surface area contributed by atoms with Crippen LogP contribution in [0.3, 0.4) is 0 Å². The molecule has 0 bridgehead atoms. The van der Waals surface area contributed by atoms with Gasteiger partial charge in [-0.15, -0.1) is 0 Å². The second-order valence-electron chi connectivity index (χ2n) is 7.62. The number of ether oxygens (including phenoxy) is 1. The van der Waals surface area contributed by atoms with Crippen molar-refractivity contribution in [3.63, 3.8) is 0 Å². The van der Waals surface area contributed by atoms with Crippen LogP contribution in [0.15, 0.2) is 42.6 Å². The van der Waals surface area contributed by atoms with Crippen molar-refractivity contribution in [2.24, 2.45) is 5.92 Å². The Morgan fingerprint density at radius 2 is 2.04 bits per heavy atom. The van der Waals surface area contributed by atoms with Gasteiger partial charge < -0.3 is 9.64 Å². The van der Waals surface area contributed by atoms with Crippen LogP contribution in [0, 0.1) is 11.7 Å². The van der Waals surface area contributed by atoms with Crippen molar-refractivity contribution in [1.29, 1.82) is 0 Å². The Morgan fingerprint density at radius 1 is 1.26 bits per heavy atom. The lowest BCUT2D eigenvalue weighted by atomic mass is 9.91. The van der Waals surface area contributed by atoms with Crippen LogP contribution in [-0.2, 0) is 0 Å². The predicted octanol–water partition coefficient (Wildman–Crippen LogP) is 4.66. The quantitative estimate of drug-likeness (QED) is 0.768. The number of nitrogens with zero attached hydrogens (tertiary/aromatic N) is 2. The van der Waals surface area contributed by atoms with Gasteiger partial charge in [0.05, 0.1) is 12.8 Å². The predicted molar refractivity (Wildman–Crippen MR) is 103 cm³/mol. The van der Waals surface area contributed by atoms with Gasteiger partial charge in [-0.25, -0.2) is 9.37 Å². The maximum Gasteiger partial charge on any atom is 0.254 e. The molecular weight excluding hydrogens is 343 g/mol. The normalized spacial score (nSPS) is 20.0. The average Bonchev–Trinajstić information content (AvgIpc) is 2.68. The number of aromatic nitrogens is 1. The summed E-state index contributed by atoms with van der Waals surface area (Å²) >= 11 is 0. The van der Waals surface area contributed by atoms with Crippen molar-refractivity contribution in [3.05, 3.63) is 59.5 Å². The van der Waals surface area contributed by atoms with Gasteiger partial charge in [0.25, 0.3) is 5.91 Å². The zero-order valence-electron chi connectivity index (χ0n) is 16.2. The summed E-state index contributed by atoms with van der Waals surface area (Å²) < 4.78 is 18.7. The molecule has 1 fully saturated rings. The first-order valence-electron chi connectivity index (χ1n) is 9.60. The van der Waals surface area contributed by atoms with Gasteiger partial charge in [-0.3, -0.25) is 4.79 Å². The Bertz CT molecular complexity index is 776. The van der Waals surface area contributed by atoms with E-state index in [4.69, 9.17) is 4.74 Å². The summed E-state index contributed by atoms with van der Waals surface area (Å²) in [6, 6.07) is 10.9. The Kier molecular flexibility index (Phi) is 6.09. The van der Waals surface area contributed by atoms with E-state index in [0.29, 0.717) is 24.9 Å². The number of carbonyl (C=O) groups excluding carboxylic acids is 1. The largest absolute Gasteiger partial charge is 0.477 e. The smallest absolute Gasteiger partial charge is 0.254 e. The highest BCUT2D eigenvalue weighted by Gasteiger charge is 2.31. The van der Waals surface area contributed by atoms with Gasteiger partial charge in [0.15, 0.2) is 0 Å². The van der Waals surface area contributed by atoms with E-state index in [9.17, 15) is 9.18 Å². The molecule has 1 saturated heterocycles. The second-order valence-corrected chi connectivity index (χ2v) is 7.62. The lowest BCUT2D eigenvalue weighted by Crippen LogP contribution is -2.47. The number of piperidine rings is 1. The van der Waals surface area contributed by atoms with E-state index >= 15 is 0 Å². The maximum atomic E-state index is 13.2. The minimum absolute atomic E-state index is 0.0939. The van der Waals surface area contributed by atoms with E-state index in [0.717, 1.165) is 30.2 Å². The molecule has 1 unspecified atom stereocenters. The fraction of sp³-hybridized carbons (Fsp3) is 0.455. The van der Waals surface area contributed by atoms with Gasteiger partial charge in [-0.1, -0.05) is 32.0 Å². The van der Waals surface area contributed by atoms with Crippen LogP contribution >= 0.6 is 0 Å². The number of likely N-dealkylation sites (tertiary alicyclic amines) is 1. The minimum Gasteiger partial charge on any atom is -0.477 e. The fourth-order valence-electron chi connectivity index (χ4n) is 3.60. The third-order valence-corrected chi connectivity index (χ3v) is 5.22. The minimum atomic E-state index is -0.380. The monoisotopic (exact) mass is 370 g/mol.